The Morgan fingerprint density at radius 2 is 2.05 bits per heavy atom. The first-order chi connectivity index (χ1) is 10.6. The van der Waals surface area contributed by atoms with E-state index in [0.717, 1.165) is 11.1 Å². The van der Waals surface area contributed by atoms with Crippen molar-refractivity contribution in [1.82, 2.24) is 10.3 Å². The van der Waals surface area contributed by atoms with E-state index < -0.39 is 0 Å². The molecule has 0 aliphatic carbocycles. The van der Waals surface area contributed by atoms with Gasteiger partial charge in [-0.05, 0) is 17.2 Å². The number of halogens is 1. The number of methoxy groups -OCH3 is 1. The molecule has 116 valence electrons. The summed E-state index contributed by atoms with van der Waals surface area (Å²) in [7, 11) is 1.40. The molecule has 5 heteroatoms. The molecule has 0 fully saturated rings. The average molecular weight is 319 g/mol. The lowest BCUT2D eigenvalue weighted by Gasteiger charge is -2.24. The summed E-state index contributed by atoms with van der Waals surface area (Å²) in [4.78, 5) is 15.9. The maximum Gasteiger partial charge on any atom is 0.310 e. The normalized spacial score (nSPS) is 13.4. The summed E-state index contributed by atoms with van der Waals surface area (Å²) in [5.74, 6) is -0.560. The molecule has 4 nitrogen and oxygen atoms in total. The zero-order valence-corrected chi connectivity index (χ0v) is 13.4. The molecule has 22 heavy (non-hydrogen) atoms. The van der Waals surface area contributed by atoms with E-state index in [9.17, 15) is 4.79 Å². The van der Waals surface area contributed by atoms with E-state index in [-0.39, 0.29) is 17.9 Å². The number of hydrogen-bond donors (Lipinski definition) is 1. The van der Waals surface area contributed by atoms with E-state index in [1.54, 1.807) is 12.4 Å². The molecule has 1 N–H and O–H groups in total. The van der Waals surface area contributed by atoms with E-state index in [0.29, 0.717) is 11.6 Å². The highest BCUT2D eigenvalue weighted by molar-refractivity contribution is 6.31. The van der Waals surface area contributed by atoms with E-state index in [2.05, 4.69) is 10.3 Å². The van der Waals surface area contributed by atoms with Crippen LogP contribution in [0.15, 0.2) is 48.8 Å². The zero-order valence-electron chi connectivity index (χ0n) is 12.6. The second-order valence-corrected chi connectivity index (χ2v) is 5.46. The van der Waals surface area contributed by atoms with Crippen molar-refractivity contribution in [3.8, 4) is 0 Å². The van der Waals surface area contributed by atoms with Crippen molar-refractivity contribution in [2.24, 2.45) is 5.92 Å². The van der Waals surface area contributed by atoms with Gasteiger partial charge in [-0.3, -0.25) is 9.78 Å². The lowest BCUT2D eigenvalue weighted by atomic mass is 9.94. The van der Waals surface area contributed by atoms with Gasteiger partial charge in [0.25, 0.3) is 0 Å². The van der Waals surface area contributed by atoms with Gasteiger partial charge in [0.15, 0.2) is 0 Å². The van der Waals surface area contributed by atoms with Crippen molar-refractivity contribution in [2.45, 2.75) is 19.5 Å². The molecular weight excluding hydrogens is 300 g/mol. The van der Waals surface area contributed by atoms with Gasteiger partial charge in [-0.25, -0.2) is 0 Å². The lowest BCUT2D eigenvalue weighted by molar-refractivity contribution is -0.145. The highest BCUT2D eigenvalue weighted by Crippen LogP contribution is 2.24. The molecular formula is C17H19ClN2O2. The van der Waals surface area contributed by atoms with Crippen molar-refractivity contribution in [3.05, 3.63) is 64.9 Å². The molecule has 0 spiro atoms. The average Bonchev–Trinajstić information content (AvgIpc) is 2.56. The molecule has 1 aromatic carbocycles. The Morgan fingerprint density at radius 1 is 1.32 bits per heavy atom. The SMILES string of the molecule is COC(=O)[C@H](C)[C@@H](NCc1ccncc1Cl)c1ccccc1. The molecule has 1 aromatic heterocycles. The van der Waals surface area contributed by atoms with E-state index in [1.807, 2.05) is 43.3 Å². The summed E-state index contributed by atoms with van der Waals surface area (Å²) in [5, 5.41) is 4.00. The van der Waals surface area contributed by atoms with E-state index in [1.165, 1.54) is 7.11 Å². The van der Waals surface area contributed by atoms with Gasteiger partial charge < -0.3 is 10.1 Å². The number of rotatable bonds is 6. The second-order valence-electron chi connectivity index (χ2n) is 5.05. The summed E-state index contributed by atoms with van der Waals surface area (Å²) < 4.78 is 4.88. The number of esters is 1. The van der Waals surface area contributed by atoms with Gasteiger partial charge in [0.2, 0.25) is 0 Å². The number of benzene rings is 1. The van der Waals surface area contributed by atoms with E-state index >= 15 is 0 Å². The quantitative estimate of drug-likeness (QED) is 0.830. The third kappa shape index (κ3) is 4.06. The maximum absolute atomic E-state index is 11.9. The van der Waals surface area contributed by atoms with Crippen LogP contribution in [0, 0.1) is 5.92 Å². The number of carbonyl (C=O) groups is 1. The lowest BCUT2D eigenvalue weighted by Crippen LogP contribution is -2.31. The predicted molar refractivity (Wildman–Crippen MR) is 86.4 cm³/mol. The van der Waals surface area contributed by atoms with Gasteiger partial charge in [0.1, 0.15) is 0 Å². The van der Waals surface area contributed by atoms with Crippen LogP contribution in [0.25, 0.3) is 0 Å². The molecule has 2 rings (SSSR count). The summed E-state index contributed by atoms with van der Waals surface area (Å²) >= 11 is 6.13. The number of pyridine rings is 1. The Balaban J connectivity index is 2.18. The summed E-state index contributed by atoms with van der Waals surface area (Å²) in [5.41, 5.74) is 1.97. The highest BCUT2D eigenvalue weighted by atomic mass is 35.5. The van der Waals surface area contributed by atoms with Gasteiger partial charge >= 0.3 is 5.97 Å². The fourth-order valence-electron chi connectivity index (χ4n) is 2.33. The van der Waals surface area contributed by atoms with Gasteiger partial charge in [-0.15, -0.1) is 0 Å². The molecule has 0 aliphatic rings. The molecule has 0 radical (unpaired) electrons. The topological polar surface area (TPSA) is 51.2 Å². The van der Waals surface area contributed by atoms with Crippen molar-refractivity contribution >= 4 is 17.6 Å². The molecule has 1 heterocycles. The van der Waals surface area contributed by atoms with Crippen LogP contribution < -0.4 is 5.32 Å². The Morgan fingerprint density at radius 3 is 2.68 bits per heavy atom. The first-order valence-electron chi connectivity index (χ1n) is 7.08. The Hall–Kier alpha value is -1.91. The predicted octanol–water partition coefficient (Wildman–Crippen LogP) is 3.38. The molecule has 2 aromatic rings. The monoisotopic (exact) mass is 318 g/mol. The van der Waals surface area contributed by atoms with Gasteiger partial charge in [0.05, 0.1) is 18.1 Å². The van der Waals surface area contributed by atoms with Gasteiger partial charge in [-0.1, -0.05) is 48.9 Å². The third-order valence-electron chi connectivity index (χ3n) is 3.60. The van der Waals surface area contributed by atoms with Crippen LogP contribution in [0.2, 0.25) is 5.02 Å². The van der Waals surface area contributed by atoms with Crippen molar-refractivity contribution in [2.75, 3.05) is 7.11 Å². The number of ether oxygens (including phenoxy) is 1. The highest BCUT2D eigenvalue weighted by Gasteiger charge is 2.25. The van der Waals surface area contributed by atoms with Crippen molar-refractivity contribution in [3.63, 3.8) is 0 Å². The number of nitrogens with one attached hydrogen (secondary N) is 1. The number of hydrogen-bond acceptors (Lipinski definition) is 4. The zero-order chi connectivity index (χ0) is 15.9. The number of nitrogens with zero attached hydrogens (tertiary/aromatic N) is 1. The summed E-state index contributed by atoms with van der Waals surface area (Å²) in [6.07, 6.45) is 3.31. The summed E-state index contributed by atoms with van der Waals surface area (Å²) in [6, 6.07) is 11.5. The first-order valence-corrected chi connectivity index (χ1v) is 7.46. The standard InChI is InChI=1S/C17H19ClN2O2/c1-12(17(21)22-2)16(13-6-4-3-5-7-13)20-10-14-8-9-19-11-15(14)18/h3-9,11-12,16,20H,10H2,1-2H3/t12-,16-/m1/s1. The Labute approximate surface area is 135 Å². The largest absolute Gasteiger partial charge is 0.469 e. The maximum atomic E-state index is 11.9. The smallest absolute Gasteiger partial charge is 0.310 e. The second kappa shape index (κ2) is 7.92. The minimum absolute atomic E-state index is 0.155. The van der Waals surface area contributed by atoms with Crippen LogP contribution >= 0.6 is 11.6 Å². The van der Waals surface area contributed by atoms with Gasteiger partial charge in [0, 0.05) is 25.0 Å². The molecule has 0 saturated heterocycles. The molecule has 2 atom stereocenters. The van der Waals surface area contributed by atoms with Gasteiger partial charge in [-0.2, -0.15) is 0 Å². The Kier molecular flexibility index (Phi) is 5.92. The van der Waals surface area contributed by atoms with Crippen LogP contribution in [-0.4, -0.2) is 18.1 Å². The Bertz CT molecular complexity index is 619. The van der Waals surface area contributed by atoms with Crippen molar-refractivity contribution in [1.29, 1.82) is 0 Å². The fourth-order valence-corrected chi connectivity index (χ4v) is 2.52. The fraction of sp³-hybridized carbons (Fsp3) is 0.294. The minimum atomic E-state index is -0.312. The van der Waals surface area contributed by atoms with Crippen LogP contribution in [0.4, 0.5) is 0 Å². The molecule has 0 aliphatic heterocycles. The minimum Gasteiger partial charge on any atom is -0.469 e. The van der Waals surface area contributed by atoms with Crippen LogP contribution in [-0.2, 0) is 16.1 Å². The van der Waals surface area contributed by atoms with E-state index in [4.69, 9.17) is 16.3 Å². The molecule has 0 bridgehead atoms. The van der Waals surface area contributed by atoms with Crippen LogP contribution in [0.5, 0.6) is 0 Å². The first kappa shape index (κ1) is 16.5. The third-order valence-corrected chi connectivity index (χ3v) is 3.94. The van der Waals surface area contributed by atoms with Crippen LogP contribution in [0.3, 0.4) is 0 Å². The molecule has 0 saturated carbocycles. The number of carbonyl (C=O) groups excluding carboxylic acids is 1. The molecule has 0 amide bonds. The number of aromatic nitrogens is 1. The summed E-state index contributed by atoms with van der Waals surface area (Å²) in [6.45, 7) is 2.40. The van der Waals surface area contributed by atoms with Crippen LogP contribution in [0.1, 0.15) is 24.1 Å². The van der Waals surface area contributed by atoms with Crippen molar-refractivity contribution < 1.29 is 9.53 Å². The molecule has 0 unspecified atom stereocenters.